The zero-order chi connectivity index (χ0) is 17.0. The predicted octanol–water partition coefficient (Wildman–Crippen LogP) is 2.31. The number of benzene rings is 1. The number of anilines is 1. The van der Waals surface area contributed by atoms with E-state index in [9.17, 15) is 14.9 Å². The number of aliphatic hydroxyl groups excluding tert-OH is 1. The van der Waals surface area contributed by atoms with Crippen LogP contribution in [0.4, 0.5) is 11.4 Å². The molecule has 1 aromatic rings. The van der Waals surface area contributed by atoms with Gasteiger partial charge in [0.15, 0.2) is 0 Å². The monoisotopic (exact) mass is 321 g/mol. The van der Waals surface area contributed by atoms with Crippen LogP contribution >= 0.6 is 0 Å². The number of nitrogens with zero attached hydrogens (tertiary/aromatic N) is 1. The number of amides is 1. The Hall–Kier alpha value is -2.15. The lowest BCUT2D eigenvalue weighted by atomic mass is 10.0. The molecule has 7 heteroatoms. The molecule has 3 N–H and O–H groups in total. The molecule has 1 aliphatic carbocycles. The first-order valence-electron chi connectivity index (χ1n) is 7.89. The first kappa shape index (κ1) is 17.2. The zero-order valence-electron chi connectivity index (χ0n) is 13.4. The molecule has 0 aliphatic heterocycles. The molecular formula is C16H23N3O4. The minimum absolute atomic E-state index is 0.00548. The summed E-state index contributed by atoms with van der Waals surface area (Å²) >= 11 is 0. The van der Waals surface area contributed by atoms with E-state index < -0.39 is 4.92 Å². The lowest BCUT2D eigenvalue weighted by Crippen LogP contribution is -2.28. The second-order valence-corrected chi connectivity index (χ2v) is 6.24. The summed E-state index contributed by atoms with van der Waals surface area (Å²) in [6.45, 7) is 3.97. The van der Waals surface area contributed by atoms with Crippen LogP contribution in [0, 0.1) is 16.0 Å². The standard InChI is InChI=1S/C16H23N3O4/c1-10(2)13(7-8-20)18-14-6-3-11(9-15(14)19(22)23)16(21)17-12-4-5-12/h3,6,9-10,12-13,18,20H,4-5,7-8H2,1-2H3,(H,17,21). The normalized spacial score (nSPS) is 15.3. The Morgan fingerprint density at radius 3 is 2.65 bits per heavy atom. The van der Waals surface area contributed by atoms with Crippen LogP contribution in [0.2, 0.25) is 0 Å². The van der Waals surface area contributed by atoms with Gasteiger partial charge in [-0.1, -0.05) is 13.8 Å². The summed E-state index contributed by atoms with van der Waals surface area (Å²) in [6.07, 6.45) is 2.42. The highest BCUT2D eigenvalue weighted by atomic mass is 16.6. The molecule has 0 heterocycles. The van der Waals surface area contributed by atoms with E-state index in [1.165, 1.54) is 6.07 Å². The molecule has 1 saturated carbocycles. The van der Waals surface area contributed by atoms with E-state index in [4.69, 9.17) is 5.11 Å². The second kappa shape index (κ2) is 7.41. The van der Waals surface area contributed by atoms with E-state index in [1.807, 2.05) is 13.8 Å². The number of nitro groups is 1. The van der Waals surface area contributed by atoms with Crippen molar-refractivity contribution in [3.05, 3.63) is 33.9 Å². The molecule has 2 rings (SSSR count). The van der Waals surface area contributed by atoms with E-state index >= 15 is 0 Å². The number of nitro benzene ring substituents is 1. The topological polar surface area (TPSA) is 104 Å². The number of carbonyl (C=O) groups excluding carboxylic acids is 1. The number of hydrogen-bond donors (Lipinski definition) is 3. The van der Waals surface area contributed by atoms with Crippen molar-refractivity contribution in [1.29, 1.82) is 0 Å². The van der Waals surface area contributed by atoms with Gasteiger partial charge >= 0.3 is 0 Å². The van der Waals surface area contributed by atoms with Crippen LogP contribution in [0.3, 0.4) is 0 Å². The van der Waals surface area contributed by atoms with Gasteiger partial charge in [0.25, 0.3) is 11.6 Å². The summed E-state index contributed by atoms with van der Waals surface area (Å²) in [6, 6.07) is 4.57. The van der Waals surface area contributed by atoms with Crippen molar-refractivity contribution in [3.63, 3.8) is 0 Å². The van der Waals surface area contributed by atoms with Gasteiger partial charge in [-0.05, 0) is 37.3 Å². The quantitative estimate of drug-likeness (QED) is 0.503. The van der Waals surface area contributed by atoms with Crippen molar-refractivity contribution in [2.45, 2.75) is 45.2 Å². The Morgan fingerprint density at radius 2 is 2.13 bits per heavy atom. The maximum Gasteiger partial charge on any atom is 0.293 e. The van der Waals surface area contributed by atoms with Gasteiger partial charge in [-0.15, -0.1) is 0 Å². The van der Waals surface area contributed by atoms with Gasteiger partial charge in [0.2, 0.25) is 0 Å². The number of rotatable bonds is 8. The lowest BCUT2D eigenvalue weighted by Gasteiger charge is -2.22. The maximum absolute atomic E-state index is 12.0. The molecule has 1 unspecified atom stereocenters. The fourth-order valence-electron chi connectivity index (χ4n) is 2.35. The molecule has 7 nitrogen and oxygen atoms in total. The van der Waals surface area contributed by atoms with Gasteiger partial charge in [0, 0.05) is 30.3 Å². The van der Waals surface area contributed by atoms with E-state index in [2.05, 4.69) is 10.6 Å². The molecule has 0 saturated heterocycles. The first-order chi connectivity index (χ1) is 10.9. The third kappa shape index (κ3) is 4.66. The van der Waals surface area contributed by atoms with Crippen LogP contribution < -0.4 is 10.6 Å². The SMILES string of the molecule is CC(C)C(CCO)Nc1ccc(C(=O)NC2CC2)cc1[N+](=O)[O-]. The molecular weight excluding hydrogens is 298 g/mol. The van der Waals surface area contributed by atoms with Crippen LogP contribution in [0.15, 0.2) is 18.2 Å². The summed E-state index contributed by atoms with van der Waals surface area (Å²) < 4.78 is 0. The number of aliphatic hydroxyl groups is 1. The van der Waals surface area contributed by atoms with Crippen molar-refractivity contribution in [1.82, 2.24) is 5.32 Å². The highest BCUT2D eigenvalue weighted by molar-refractivity contribution is 5.96. The largest absolute Gasteiger partial charge is 0.396 e. The Morgan fingerprint density at radius 1 is 1.43 bits per heavy atom. The van der Waals surface area contributed by atoms with Crippen LogP contribution in [0.5, 0.6) is 0 Å². The molecule has 1 aromatic carbocycles. The van der Waals surface area contributed by atoms with Crippen molar-refractivity contribution >= 4 is 17.3 Å². The fraction of sp³-hybridized carbons (Fsp3) is 0.562. The molecule has 1 aliphatic rings. The molecule has 1 atom stereocenters. The van der Waals surface area contributed by atoms with E-state index in [1.54, 1.807) is 12.1 Å². The molecule has 0 aromatic heterocycles. The predicted molar refractivity (Wildman–Crippen MR) is 87.5 cm³/mol. The average Bonchev–Trinajstić information content (AvgIpc) is 3.30. The van der Waals surface area contributed by atoms with E-state index in [0.717, 1.165) is 12.8 Å². The van der Waals surface area contributed by atoms with Crippen molar-refractivity contribution in [2.24, 2.45) is 5.92 Å². The average molecular weight is 321 g/mol. The molecule has 126 valence electrons. The molecule has 0 spiro atoms. The summed E-state index contributed by atoms with van der Waals surface area (Å²) in [5.74, 6) is -0.0717. The molecule has 0 bridgehead atoms. The Kier molecular flexibility index (Phi) is 5.54. The van der Waals surface area contributed by atoms with Gasteiger partial charge in [-0.3, -0.25) is 14.9 Å². The molecule has 1 amide bonds. The van der Waals surface area contributed by atoms with Gasteiger partial charge in [0.1, 0.15) is 5.69 Å². The molecule has 23 heavy (non-hydrogen) atoms. The lowest BCUT2D eigenvalue weighted by molar-refractivity contribution is -0.384. The smallest absolute Gasteiger partial charge is 0.293 e. The van der Waals surface area contributed by atoms with Gasteiger partial charge in [0.05, 0.1) is 4.92 Å². The van der Waals surface area contributed by atoms with Gasteiger partial charge < -0.3 is 15.7 Å². The van der Waals surface area contributed by atoms with Crippen LogP contribution in [0.1, 0.15) is 43.5 Å². The minimum atomic E-state index is -0.493. The number of nitrogens with one attached hydrogen (secondary N) is 2. The van der Waals surface area contributed by atoms with Crippen LogP contribution in [-0.2, 0) is 0 Å². The highest BCUT2D eigenvalue weighted by Crippen LogP contribution is 2.28. The van der Waals surface area contributed by atoms with Crippen LogP contribution in [-0.4, -0.2) is 34.6 Å². The summed E-state index contributed by atoms with van der Waals surface area (Å²) in [5, 5.41) is 26.4. The van der Waals surface area contributed by atoms with Crippen molar-refractivity contribution < 1.29 is 14.8 Å². The highest BCUT2D eigenvalue weighted by Gasteiger charge is 2.26. The third-order valence-corrected chi connectivity index (χ3v) is 3.95. The second-order valence-electron chi connectivity index (χ2n) is 6.24. The Balaban J connectivity index is 2.21. The van der Waals surface area contributed by atoms with Crippen LogP contribution in [0.25, 0.3) is 0 Å². The minimum Gasteiger partial charge on any atom is -0.396 e. The number of hydrogen-bond acceptors (Lipinski definition) is 5. The van der Waals surface area contributed by atoms with Gasteiger partial charge in [-0.25, -0.2) is 0 Å². The fourth-order valence-corrected chi connectivity index (χ4v) is 2.35. The Bertz CT molecular complexity index is 585. The van der Waals surface area contributed by atoms with E-state index in [-0.39, 0.29) is 41.8 Å². The van der Waals surface area contributed by atoms with Crippen molar-refractivity contribution in [2.75, 3.05) is 11.9 Å². The first-order valence-corrected chi connectivity index (χ1v) is 7.89. The Labute approximate surface area is 135 Å². The van der Waals surface area contributed by atoms with E-state index in [0.29, 0.717) is 12.1 Å². The van der Waals surface area contributed by atoms with Gasteiger partial charge in [-0.2, -0.15) is 0 Å². The third-order valence-electron chi connectivity index (χ3n) is 3.95. The summed E-state index contributed by atoms with van der Waals surface area (Å²) in [5.41, 5.74) is 0.527. The molecule has 0 radical (unpaired) electrons. The molecule has 1 fully saturated rings. The summed E-state index contributed by atoms with van der Waals surface area (Å²) in [7, 11) is 0. The number of carbonyl (C=O) groups is 1. The zero-order valence-corrected chi connectivity index (χ0v) is 13.4. The summed E-state index contributed by atoms with van der Waals surface area (Å²) in [4.78, 5) is 22.9. The maximum atomic E-state index is 12.0. The van der Waals surface area contributed by atoms with Crippen molar-refractivity contribution in [3.8, 4) is 0 Å².